The van der Waals surface area contributed by atoms with Gasteiger partial charge in [0.1, 0.15) is 0 Å². The summed E-state index contributed by atoms with van der Waals surface area (Å²) >= 11 is 0. The highest BCUT2D eigenvalue weighted by molar-refractivity contribution is 6.05. The maximum absolute atomic E-state index is 12.4. The second-order valence-electron chi connectivity index (χ2n) is 6.19. The van der Waals surface area contributed by atoms with Crippen LogP contribution >= 0.6 is 0 Å². The van der Waals surface area contributed by atoms with Gasteiger partial charge in [0.15, 0.2) is 0 Å². The number of hydrogen-bond donors (Lipinski definition) is 2. The van der Waals surface area contributed by atoms with Gasteiger partial charge in [-0.15, -0.1) is 0 Å². The fourth-order valence-electron chi connectivity index (χ4n) is 2.45. The lowest BCUT2D eigenvalue weighted by Crippen LogP contribution is -2.14. The molecule has 0 aromatic heterocycles. The zero-order valence-electron chi connectivity index (χ0n) is 13.3. The highest BCUT2D eigenvalue weighted by Crippen LogP contribution is 2.29. The van der Waals surface area contributed by atoms with Crippen LogP contribution in [0.5, 0.6) is 0 Å². The topological polar surface area (TPSA) is 64.4 Å². The molecule has 1 aliphatic carbocycles. The molecule has 0 heterocycles. The van der Waals surface area contributed by atoms with Crippen LogP contribution in [0, 0.1) is 12.8 Å². The van der Waals surface area contributed by atoms with E-state index in [1.54, 1.807) is 12.1 Å². The molecule has 2 aromatic rings. The molecule has 3 rings (SSSR count). The fourth-order valence-corrected chi connectivity index (χ4v) is 2.45. The zero-order chi connectivity index (χ0) is 16.2. The molecule has 0 bridgehead atoms. The van der Waals surface area contributed by atoms with E-state index in [4.69, 9.17) is 10.5 Å². The Labute approximate surface area is 136 Å². The predicted octanol–water partition coefficient (Wildman–Crippen LogP) is 3.76. The standard InChI is InChI=1S/C19H22N2O2/c1-13-5-8-16(20)10-18(13)19(22)21-17-4-2-3-15(9-17)12-23-11-14-6-7-14/h2-5,8-10,14H,6-7,11-12,20H2,1H3,(H,21,22). The second kappa shape index (κ2) is 6.84. The van der Waals surface area contributed by atoms with E-state index in [0.717, 1.165) is 29.3 Å². The van der Waals surface area contributed by atoms with E-state index in [9.17, 15) is 4.79 Å². The SMILES string of the molecule is Cc1ccc(N)cc1C(=O)Nc1cccc(COCC2CC2)c1. The summed E-state index contributed by atoms with van der Waals surface area (Å²) in [6, 6.07) is 13.1. The molecular weight excluding hydrogens is 288 g/mol. The third kappa shape index (κ3) is 4.33. The van der Waals surface area contributed by atoms with Crippen LogP contribution in [0.15, 0.2) is 42.5 Å². The highest BCUT2D eigenvalue weighted by atomic mass is 16.5. The Kier molecular flexibility index (Phi) is 4.63. The number of nitrogen functional groups attached to an aromatic ring is 1. The molecule has 4 heteroatoms. The molecule has 0 unspecified atom stereocenters. The summed E-state index contributed by atoms with van der Waals surface area (Å²) < 4.78 is 5.69. The van der Waals surface area contributed by atoms with Crippen LogP contribution in [0.1, 0.15) is 34.3 Å². The van der Waals surface area contributed by atoms with E-state index in [-0.39, 0.29) is 5.91 Å². The van der Waals surface area contributed by atoms with Gasteiger partial charge in [0, 0.05) is 23.5 Å². The minimum atomic E-state index is -0.147. The number of carbonyl (C=O) groups excluding carboxylic acids is 1. The quantitative estimate of drug-likeness (QED) is 0.799. The Balaban J connectivity index is 1.64. The van der Waals surface area contributed by atoms with Crippen molar-refractivity contribution in [3.63, 3.8) is 0 Å². The summed E-state index contributed by atoms with van der Waals surface area (Å²) in [5.41, 5.74) is 9.69. The van der Waals surface area contributed by atoms with Crippen LogP contribution in [0.25, 0.3) is 0 Å². The molecule has 1 saturated carbocycles. The lowest BCUT2D eigenvalue weighted by atomic mass is 10.1. The van der Waals surface area contributed by atoms with E-state index < -0.39 is 0 Å². The number of carbonyl (C=O) groups is 1. The first-order valence-corrected chi connectivity index (χ1v) is 7.96. The van der Waals surface area contributed by atoms with Gasteiger partial charge in [-0.05, 0) is 61.1 Å². The Hall–Kier alpha value is -2.33. The number of nitrogens with one attached hydrogen (secondary N) is 1. The van der Waals surface area contributed by atoms with E-state index in [1.165, 1.54) is 12.8 Å². The molecule has 23 heavy (non-hydrogen) atoms. The van der Waals surface area contributed by atoms with Crippen molar-refractivity contribution in [2.45, 2.75) is 26.4 Å². The molecule has 120 valence electrons. The Morgan fingerprint density at radius 2 is 2.09 bits per heavy atom. The lowest BCUT2D eigenvalue weighted by Gasteiger charge is -2.10. The van der Waals surface area contributed by atoms with Gasteiger partial charge in [-0.1, -0.05) is 18.2 Å². The third-order valence-electron chi connectivity index (χ3n) is 4.01. The van der Waals surface area contributed by atoms with Crippen molar-refractivity contribution >= 4 is 17.3 Å². The second-order valence-corrected chi connectivity index (χ2v) is 6.19. The Morgan fingerprint density at radius 3 is 2.87 bits per heavy atom. The summed E-state index contributed by atoms with van der Waals surface area (Å²) in [6.45, 7) is 3.31. The first-order chi connectivity index (χ1) is 11.1. The Morgan fingerprint density at radius 1 is 1.26 bits per heavy atom. The van der Waals surface area contributed by atoms with Crippen molar-refractivity contribution in [2.24, 2.45) is 5.92 Å². The summed E-state index contributed by atoms with van der Waals surface area (Å²) in [4.78, 5) is 12.4. The average Bonchev–Trinajstić information content (AvgIpc) is 3.34. The zero-order valence-corrected chi connectivity index (χ0v) is 13.3. The van der Waals surface area contributed by atoms with Gasteiger partial charge in [0.05, 0.1) is 6.61 Å². The molecule has 1 fully saturated rings. The van der Waals surface area contributed by atoms with Gasteiger partial charge < -0.3 is 15.8 Å². The van der Waals surface area contributed by atoms with E-state index in [1.807, 2.05) is 37.3 Å². The molecule has 0 radical (unpaired) electrons. The van der Waals surface area contributed by atoms with Gasteiger partial charge >= 0.3 is 0 Å². The van der Waals surface area contributed by atoms with Gasteiger partial charge in [0.2, 0.25) is 0 Å². The van der Waals surface area contributed by atoms with E-state index >= 15 is 0 Å². The summed E-state index contributed by atoms with van der Waals surface area (Å²) in [5.74, 6) is 0.607. The molecule has 0 saturated heterocycles. The maximum atomic E-state index is 12.4. The molecule has 1 amide bonds. The van der Waals surface area contributed by atoms with Gasteiger partial charge in [-0.2, -0.15) is 0 Å². The highest BCUT2D eigenvalue weighted by Gasteiger charge is 2.21. The molecule has 4 nitrogen and oxygen atoms in total. The molecule has 1 aliphatic rings. The minimum Gasteiger partial charge on any atom is -0.399 e. The largest absolute Gasteiger partial charge is 0.399 e. The molecule has 0 spiro atoms. The van der Waals surface area contributed by atoms with Crippen LogP contribution in [0.3, 0.4) is 0 Å². The van der Waals surface area contributed by atoms with Crippen molar-refractivity contribution < 1.29 is 9.53 Å². The average molecular weight is 310 g/mol. The van der Waals surface area contributed by atoms with Crippen LogP contribution in [0.2, 0.25) is 0 Å². The van der Waals surface area contributed by atoms with Crippen molar-refractivity contribution in [1.29, 1.82) is 0 Å². The van der Waals surface area contributed by atoms with Crippen LogP contribution in [0.4, 0.5) is 11.4 Å². The number of amides is 1. The molecule has 0 aliphatic heterocycles. The fraction of sp³-hybridized carbons (Fsp3) is 0.316. The smallest absolute Gasteiger partial charge is 0.256 e. The number of aryl methyl sites for hydroxylation is 1. The first kappa shape index (κ1) is 15.6. The molecular formula is C19H22N2O2. The normalized spacial score (nSPS) is 13.8. The van der Waals surface area contributed by atoms with Crippen LogP contribution in [-0.4, -0.2) is 12.5 Å². The lowest BCUT2D eigenvalue weighted by molar-refractivity contribution is 0.102. The summed E-state index contributed by atoms with van der Waals surface area (Å²) in [5, 5.41) is 2.93. The maximum Gasteiger partial charge on any atom is 0.256 e. The van der Waals surface area contributed by atoms with Crippen LogP contribution < -0.4 is 11.1 Å². The number of anilines is 2. The van der Waals surface area contributed by atoms with Crippen molar-refractivity contribution in [1.82, 2.24) is 0 Å². The summed E-state index contributed by atoms with van der Waals surface area (Å²) in [7, 11) is 0. The molecule has 3 N–H and O–H groups in total. The number of rotatable bonds is 6. The predicted molar refractivity (Wildman–Crippen MR) is 92.4 cm³/mol. The molecule has 0 atom stereocenters. The molecule has 2 aromatic carbocycles. The summed E-state index contributed by atoms with van der Waals surface area (Å²) in [6.07, 6.45) is 2.57. The van der Waals surface area contributed by atoms with E-state index in [2.05, 4.69) is 5.32 Å². The van der Waals surface area contributed by atoms with Crippen LogP contribution in [-0.2, 0) is 11.3 Å². The van der Waals surface area contributed by atoms with E-state index in [0.29, 0.717) is 17.9 Å². The van der Waals surface area contributed by atoms with Crippen molar-refractivity contribution in [3.05, 3.63) is 59.2 Å². The monoisotopic (exact) mass is 310 g/mol. The number of hydrogen-bond acceptors (Lipinski definition) is 3. The number of benzene rings is 2. The minimum absolute atomic E-state index is 0.147. The first-order valence-electron chi connectivity index (χ1n) is 7.96. The number of nitrogens with two attached hydrogens (primary N) is 1. The van der Waals surface area contributed by atoms with Gasteiger partial charge in [0.25, 0.3) is 5.91 Å². The van der Waals surface area contributed by atoms with Gasteiger partial charge in [-0.3, -0.25) is 4.79 Å². The van der Waals surface area contributed by atoms with Gasteiger partial charge in [-0.25, -0.2) is 0 Å². The Bertz CT molecular complexity index is 708. The van der Waals surface area contributed by atoms with Crippen molar-refractivity contribution in [3.8, 4) is 0 Å². The third-order valence-corrected chi connectivity index (χ3v) is 4.01. The number of ether oxygens (including phenoxy) is 1. The van der Waals surface area contributed by atoms with Crippen molar-refractivity contribution in [2.75, 3.05) is 17.7 Å².